The van der Waals surface area contributed by atoms with Crippen molar-refractivity contribution in [1.82, 2.24) is 14.5 Å². The van der Waals surface area contributed by atoms with Gasteiger partial charge < -0.3 is 19.5 Å². The Morgan fingerprint density at radius 3 is 2.59 bits per heavy atom. The minimum Gasteiger partial charge on any atom is -0.444 e. The fourth-order valence-corrected chi connectivity index (χ4v) is 2.99. The molecule has 0 saturated carbocycles. The van der Waals surface area contributed by atoms with E-state index in [2.05, 4.69) is 10.3 Å². The summed E-state index contributed by atoms with van der Waals surface area (Å²) in [4.78, 5) is 30.3. The second-order valence-electron chi connectivity index (χ2n) is 8.03. The number of likely N-dealkylation sites (tertiary alicyclic amines) is 1. The van der Waals surface area contributed by atoms with Crippen LogP contribution >= 0.6 is 0 Å². The van der Waals surface area contributed by atoms with Gasteiger partial charge in [-0.1, -0.05) is 6.07 Å². The van der Waals surface area contributed by atoms with Crippen molar-refractivity contribution in [3.8, 4) is 0 Å². The topological polar surface area (TPSA) is 76.5 Å². The van der Waals surface area contributed by atoms with Crippen LogP contribution in [0, 0.1) is 6.92 Å². The number of carbonyl (C=O) groups excluding carboxylic acids is 1. The fraction of sp³-hybridized carbons (Fsp3) is 0.450. The molecule has 1 N–H and O–H groups in total. The van der Waals surface area contributed by atoms with Crippen molar-refractivity contribution in [1.29, 1.82) is 0 Å². The molecule has 2 aromatic heterocycles. The molecular formula is C20H26N4O3. The first-order valence-electron chi connectivity index (χ1n) is 9.00. The lowest BCUT2D eigenvalue weighted by atomic mass is 9.93. The minimum atomic E-state index is -0.482. The van der Waals surface area contributed by atoms with Crippen LogP contribution in [0.1, 0.15) is 37.8 Å². The Morgan fingerprint density at radius 1 is 1.30 bits per heavy atom. The molecular weight excluding hydrogens is 344 g/mol. The van der Waals surface area contributed by atoms with Crippen LogP contribution in [-0.4, -0.2) is 39.2 Å². The molecule has 1 aliphatic heterocycles. The molecule has 3 heterocycles. The van der Waals surface area contributed by atoms with Crippen molar-refractivity contribution in [3.05, 3.63) is 52.1 Å². The van der Waals surface area contributed by atoms with Gasteiger partial charge in [-0.25, -0.2) is 9.78 Å². The van der Waals surface area contributed by atoms with Gasteiger partial charge in [0.25, 0.3) is 5.56 Å². The van der Waals surface area contributed by atoms with Crippen molar-refractivity contribution in [2.24, 2.45) is 7.05 Å². The molecule has 0 atom stereocenters. The smallest absolute Gasteiger partial charge is 0.410 e. The van der Waals surface area contributed by atoms with Gasteiger partial charge in [-0.15, -0.1) is 0 Å². The van der Waals surface area contributed by atoms with E-state index in [1.165, 1.54) is 0 Å². The molecule has 1 amide bonds. The summed E-state index contributed by atoms with van der Waals surface area (Å²) >= 11 is 0. The molecule has 7 nitrogen and oxygen atoms in total. The summed E-state index contributed by atoms with van der Waals surface area (Å²) in [7, 11) is 1.73. The zero-order chi connectivity index (χ0) is 19.8. The maximum atomic E-state index is 12.2. The molecule has 0 aliphatic carbocycles. The molecule has 2 aromatic rings. The first-order chi connectivity index (χ1) is 12.6. The lowest BCUT2D eigenvalue weighted by Gasteiger charge is -2.39. The second kappa shape index (κ2) is 7.06. The highest BCUT2D eigenvalue weighted by Crippen LogP contribution is 2.28. The zero-order valence-corrected chi connectivity index (χ0v) is 16.4. The van der Waals surface area contributed by atoms with Crippen LogP contribution in [0.2, 0.25) is 0 Å². The van der Waals surface area contributed by atoms with E-state index in [1.807, 2.05) is 45.9 Å². The Hall–Kier alpha value is -2.83. The number of hydrogen-bond donors (Lipinski definition) is 1. The molecule has 0 bridgehead atoms. The molecule has 1 aliphatic rings. The van der Waals surface area contributed by atoms with Crippen molar-refractivity contribution in [2.45, 2.75) is 39.2 Å². The molecule has 0 radical (unpaired) electrons. The molecule has 1 fully saturated rings. The summed E-state index contributed by atoms with van der Waals surface area (Å²) < 4.78 is 6.92. The third kappa shape index (κ3) is 4.48. The van der Waals surface area contributed by atoms with Crippen molar-refractivity contribution in [3.63, 3.8) is 0 Å². The van der Waals surface area contributed by atoms with Gasteiger partial charge >= 0.3 is 6.09 Å². The van der Waals surface area contributed by atoms with E-state index in [-0.39, 0.29) is 17.6 Å². The van der Waals surface area contributed by atoms with Gasteiger partial charge in [-0.05, 0) is 51.0 Å². The minimum absolute atomic E-state index is 0.0986. The van der Waals surface area contributed by atoms with Crippen molar-refractivity contribution < 1.29 is 9.53 Å². The number of anilines is 2. The Labute approximate surface area is 159 Å². The van der Waals surface area contributed by atoms with Crippen molar-refractivity contribution >= 4 is 17.6 Å². The normalized spacial score (nSPS) is 14.6. The summed E-state index contributed by atoms with van der Waals surface area (Å²) in [5.41, 5.74) is 1.98. The number of carbonyl (C=O) groups is 1. The molecule has 144 valence electrons. The first kappa shape index (κ1) is 18.9. The van der Waals surface area contributed by atoms with Gasteiger partial charge in [-0.2, -0.15) is 0 Å². The van der Waals surface area contributed by atoms with Crippen LogP contribution in [0.15, 0.2) is 35.4 Å². The number of hydrogen-bond acceptors (Lipinski definition) is 5. The molecule has 1 saturated heterocycles. The van der Waals surface area contributed by atoms with Gasteiger partial charge in [0.05, 0.1) is 0 Å². The average molecular weight is 370 g/mol. The summed E-state index contributed by atoms with van der Waals surface area (Å²) in [5, 5.41) is 3.08. The molecule has 7 heteroatoms. The van der Waals surface area contributed by atoms with Crippen LogP contribution in [-0.2, 0) is 11.8 Å². The molecule has 0 spiro atoms. The maximum Gasteiger partial charge on any atom is 0.410 e. The van der Waals surface area contributed by atoms with E-state index in [4.69, 9.17) is 4.74 Å². The number of rotatable bonds is 3. The predicted octanol–water partition coefficient (Wildman–Crippen LogP) is 3.17. The summed E-state index contributed by atoms with van der Waals surface area (Å²) in [6.07, 6.45) is 3.30. The van der Waals surface area contributed by atoms with Gasteiger partial charge in [0.15, 0.2) is 0 Å². The Kier molecular flexibility index (Phi) is 4.95. The van der Waals surface area contributed by atoms with E-state index >= 15 is 0 Å². The van der Waals surface area contributed by atoms with E-state index in [9.17, 15) is 9.59 Å². The molecule has 3 rings (SSSR count). The highest BCUT2D eigenvalue weighted by Gasteiger charge is 2.34. The average Bonchev–Trinajstić information content (AvgIpc) is 2.50. The lowest BCUT2D eigenvalue weighted by molar-refractivity contribution is 0.00817. The number of aromatic nitrogens is 2. The Balaban J connectivity index is 1.61. The number of ether oxygens (including phenoxy) is 1. The summed E-state index contributed by atoms with van der Waals surface area (Å²) in [6, 6.07) is 5.64. The predicted molar refractivity (Wildman–Crippen MR) is 104 cm³/mol. The second-order valence-corrected chi connectivity index (χ2v) is 8.03. The monoisotopic (exact) mass is 370 g/mol. The standard InChI is InChI=1S/C20H26N4O3/c1-13-8-16(18(25)23(5)10-13)22-17-7-6-14(9-21-17)15-11-24(12-15)19(26)27-20(2,3)4/h6-10,15H,11-12H2,1-5H3,(H,21,22). The van der Waals surface area contributed by atoms with E-state index < -0.39 is 5.60 Å². The van der Waals surface area contributed by atoms with Crippen LogP contribution in [0.3, 0.4) is 0 Å². The fourth-order valence-electron chi connectivity index (χ4n) is 2.99. The van der Waals surface area contributed by atoms with Gasteiger partial charge in [0.1, 0.15) is 17.1 Å². The highest BCUT2D eigenvalue weighted by molar-refractivity contribution is 5.69. The van der Waals surface area contributed by atoms with Crippen LogP contribution in [0.25, 0.3) is 0 Å². The number of nitrogens with zero attached hydrogens (tertiary/aromatic N) is 3. The quantitative estimate of drug-likeness (QED) is 0.898. The SMILES string of the molecule is Cc1cc(Nc2ccc(C3CN(C(=O)OC(C)(C)C)C3)cn2)c(=O)n(C)c1. The number of amides is 1. The van der Waals surface area contributed by atoms with Gasteiger partial charge in [0.2, 0.25) is 0 Å². The number of aryl methyl sites for hydroxylation is 2. The largest absolute Gasteiger partial charge is 0.444 e. The van der Waals surface area contributed by atoms with Crippen molar-refractivity contribution in [2.75, 3.05) is 18.4 Å². The Bertz CT molecular complexity index is 891. The van der Waals surface area contributed by atoms with Crippen LogP contribution in [0.5, 0.6) is 0 Å². The van der Waals surface area contributed by atoms with E-state index in [0.29, 0.717) is 24.6 Å². The lowest BCUT2D eigenvalue weighted by Crippen LogP contribution is -2.50. The third-order valence-electron chi connectivity index (χ3n) is 4.37. The summed E-state index contributed by atoms with van der Waals surface area (Å²) in [5.74, 6) is 0.871. The summed E-state index contributed by atoms with van der Waals surface area (Å²) in [6.45, 7) is 8.77. The number of pyridine rings is 2. The van der Waals surface area contributed by atoms with E-state index in [0.717, 1.165) is 11.1 Å². The van der Waals surface area contributed by atoms with Gasteiger partial charge in [0, 0.05) is 38.4 Å². The molecule has 0 unspecified atom stereocenters. The zero-order valence-electron chi connectivity index (χ0n) is 16.4. The van der Waals surface area contributed by atoms with Crippen LogP contribution in [0.4, 0.5) is 16.3 Å². The highest BCUT2D eigenvalue weighted by atomic mass is 16.6. The Morgan fingerprint density at radius 2 is 2.00 bits per heavy atom. The van der Waals surface area contributed by atoms with Crippen LogP contribution < -0.4 is 10.9 Å². The maximum absolute atomic E-state index is 12.2. The molecule has 0 aromatic carbocycles. The van der Waals surface area contributed by atoms with Gasteiger partial charge in [-0.3, -0.25) is 4.79 Å². The third-order valence-corrected chi connectivity index (χ3v) is 4.37. The first-order valence-corrected chi connectivity index (χ1v) is 9.00. The van der Waals surface area contributed by atoms with E-state index in [1.54, 1.807) is 28.9 Å². The molecule has 27 heavy (non-hydrogen) atoms. The number of nitrogens with one attached hydrogen (secondary N) is 1.